The molecular weight excluding hydrogens is 316 g/mol. The highest BCUT2D eigenvalue weighted by molar-refractivity contribution is 5.76. The number of hydrogen-bond donors (Lipinski definition) is 1. The zero-order chi connectivity index (χ0) is 17.5. The summed E-state index contributed by atoms with van der Waals surface area (Å²) in [4.78, 5) is 16.1. The second kappa shape index (κ2) is 8.15. The largest absolute Gasteiger partial charge is 0.481 e. The molecule has 25 heavy (non-hydrogen) atoms. The van der Waals surface area contributed by atoms with E-state index in [1.807, 2.05) is 48.5 Å². The first-order valence-corrected chi connectivity index (χ1v) is 8.14. The highest BCUT2D eigenvalue weighted by Gasteiger charge is 2.07. The number of carbonyl (C=O) groups is 1. The van der Waals surface area contributed by atoms with Crippen molar-refractivity contribution in [1.82, 2.24) is 10.3 Å². The minimum atomic E-state index is -0.0199. The second-order valence-corrected chi connectivity index (χ2v) is 5.62. The number of amides is 1. The first kappa shape index (κ1) is 16.8. The van der Waals surface area contributed by atoms with Crippen molar-refractivity contribution < 1.29 is 13.9 Å². The van der Waals surface area contributed by atoms with Crippen LogP contribution < -0.4 is 10.1 Å². The number of aryl methyl sites for hydroxylation is 1. The smallest absolute Gasteiger partial charge is 0.220 e. The minimum Gasteiger partial charge on any atom is -0.481 e. The van der Waals surface area contributed by atoms with E-state index in [0.29, 0.717) is 25.3 Å². The lowest BCUT2D eigenvalue weighted by molar-refractivity contribution is -0.121. The number of pyridine rings is 1. The van der Waals surface area contributed by atoms with E-state index in [1.54, 1.807) is 19.4 Å². The molecule has 0 bridgehead atoms. The third-order valence-electron chi connectivity index (χ3n) is 3.81. The summed E-state index contributed by atoms with van der Waals surface area (Å²) in [6, 6.07) is 17.4. The van der Waals surface area contributed by atoms with Crippen LogP contribution in [0.15, 0.2) is 65.2 Å². The van der Waals surface area contributed by atoms with Crippen LogP contribution in [-0.4, -0.2) is 18.0 Å². The number of ether oxygens (including phenoxy) is 1. The van der Waals surface area contributed by atoms with E-state index in [1.165, 1.54) is 0 Å². The number of benzene rings is 1. The molecule has 0 aliphatic rings. The molecule has 1 aromatic carbocycles. The predicted molar refractivity (Wildman–Crippen MR) is 95.1 cm³/mol. The zero-order valence-electron chi connectivity index (χ0n) is 14.1. The third-order valence-corrected chi connectivity index (χ3v) is 3.81. The highest BCUT2D eigenvalue weighted by atomic mass is 16.5. The quantitative estimate of drug-likeness (QED) is 0.716. The molecule has 3 rings (SSSR count). The van der Waals surface area contributed by atoms with Gasteiger partial charge in [0, 0.05) is 37.2 Å². The maximum atomic E-state index is 12.0. The molecule has 0 aliphatic carbocycles. The molecule has 1 N–H and O–H groups in total. The molecule has 3 aromatic rings. The van der Waals surface area contributed by atoms with Crippen molar-refractivity contribution in [3.8, 4) is 17.2 Å². The van der Waals surface area contributed by atoms with Gasteiger partial charge in [-0.25, -0.2) is 4.98 Å². The number of methoxy groups -OCH3 is 1. The van der Waals surface area contributed by atoms with E-state index in [4.69, 9.17) is 9.15 Å². The lowest BCUT2D eigenvalue weighted by atomic mass is 10.2. The van der Waals surface area contributed by atoms with E-state index >= 15 is 0 Å². The highest BCUT2D eigenvalue weighted by Crippen LogP contribution is 2.22. The normalized spacial score (nSPS) is 10.4. The molecule has 0 radical (unpaired) electrons. The van der Waals surface area contributed by atoms with Gasteiger partial charge in [0.15, 0.2) is 0 Å². The Morgan fingerprint density at radius 1 is 1.12 bits per heavy atom. The van der Waals surface area contributed by atoms with Crippen LogP contribution in [0.2, 0.25) is 0 Å². The standard InChI is InChI=1S/C20H20N2O3/c1-24-20-12-7-15(14-22-20)13-21-19(23)11-9-17-8-10-18(25-17)16-5-3-2-4-6-16/h2-8,10,12,14H,9,11,13H2,1H3,(H,21,23). The van der Waals surface area contributed by atoms with E-state index < -0.39 is 0 Å². The summed E-state index contributed by atoms with van der Waals surface area (Å²) in [5, 5.41) is 2.88. The van der Waals surface area contributed by atoms with Crippen molar-refractivity contribution in [2.45, 2.75) is 19.4 Å². The Kier molecular flexibility index (Phi) is 5.46. The van der Waals surface area contributed by atoms with Crippen molar-refractivity contribution in [1.29, 1.82) is 0 Å². The maximum absolute atomic E-state index is 12.0. The van der Waals surface area contributed by atoms with Gasteiger partial charge in [-0.15, -0.1) is 0 Å². The number of aromatic nitrogens is 1. The number of hydrogen-bond acceptors (Lipinski definition) is 4. The van der Waals surface area contributed by atoms with E-state index in [9.17, 15) is 4.79 Å². The average Bonchev–Trinajstić information content (AvgIpc) is 3.15. The predicted octanol–water partition coefficient (Wildman–Crippen LogP) is 3.60. The summed E-state index contributed by atoms with van der Waals surface area (Å²) in [6.45, 7) is 0.448. The van der Waals surface area contributed by atoms with Crippen molar-refractivity contribution in [2.75, 3.05) is 7.11 Å². The van der Waals surface area contributed by atoms with E-state index in [0.717, 1.165) is 22.6 Å². The van der Waals surface area contributed by atoms with Gasteiger partial charge < -0.3 is 14.5 Å². The van der Waals surface area contributed by atoms with Gasteiger partial charge in [0.1, 0.15) is 11.5 Å². The fourth-order valence-corrected chi connectivity index (χ4v) is 2.43. The van der Waals surface area contributed by atoms with Gasteiger partial charge in [0.2, 0.25) is 11.8 Å². The van der Waals surface area contributed by atoms with Gasteiger partial charge in [-0.2, -0.15) is 0 Å². The van der Waals surface area contributed by atoms with Gasteiger partial charge in [0.25, 0.3) is 0 Å². The molecule has 1 amide bonds. The van der Waals surface area contributed by atoms with Gasteiger partial charge in [-0.05, 0) is 17.7 Å². The van der Waals surface area contributed by atoms with Crippen LogP contribution in [0.25, 0.3) is 11.3 Å². The van der Waals surface area contributed by atoms with Crippen LogP contribution in [0.1, 0.15) is 17.7 Å². The number of nitrogens with one attached hydrogen (secondary N) is 1. The first-order chi connectivity index (χ1) is 12.2. The number of furan rings is 1. The minimum absolute atomic E-state index is 0.0199. The first-order valence-electron chi connectivity index (χ1n) is 8.14. The molecule has 2 heterocycles. The van der Waals surface area contributed by atoms with E-state index in [-0.39, 0.29) is 5.91 Å². The summed E-state index contributed by atoms with van der Waals surface area (Å²) in [5.41, 5.74) is 1.96. The summed E-state index contributed by atoms with van der Waals surface area (Å²) >= 11 is 0. The van der Waals surface area contributed by atoms with Crippen LogP contribution in [0.5, 0.6) is 5.88 Å². The Balaban J connectivity index is 1.46. The Morgan fingerprint density at radius 3 is 2.68 bits per heavy atom. The molecule has 0 saturated carbocycles. The Morgan fingerprint density at radius 2 is 1.96 bits per heavy atom. The fourth-order valence-electron chi connectivity index (χ4n) is 2.43. The summed E-state index contributed by atoms with van der Waals surface area (Å²) in [5.74, 6) is 2.16. The fraction of sp³-hybridized carbons (Fsp3) is 0.200. The van der Waals surface area contributed by atoms with Gasteiger partial charge in [-0.1, -0.05) is 36.4 Å². The zero-order valence-corrected chi connectivity index (χ0v) is 14.1. The van der Waals surface area contributed by atoms with Crippen LogP contribution in [0, 0.1) is 0 Å². The van der Waals surface area contributed by atoms with Crippen LogP contribution in [0.4, 0.5) is 0 Å². The maximum Gasteiger partial charge on any atom is 0.220 e. The Labute approximate surface area is 146 Å². The number of nitrogens with zero attached hydrogens (tertiary/aromatic N) is 1. The molecule has 5 nitrogen and oxygen atoms in total. The summed E-state index contributed by atoms with van der Waals surface area (Å²) < 4.78 is 10.8. The Bertz CT molecular complexity index is 810. The molecule has 128 valence electrons. The van der Waals surface area contributed by atoms with Gasteiger partial charge in [0.05, 0.1) is 7.11 Å². The molecule has 0 saturated heterocycles. The lowest BCUT2D eigenvalue weighted by Crippen LogP contribution is -2.23. The lowest BCUT2D eigenvalue weighted by Gasteiger charge is -2.05. The molecule has 0 aliphatic heterocycles. The number of rotatable bonds is 7. The molecule has 0 fully saturated rings. The molecule has 0 unspecified atom stereocenters. The third kappa shape index (κ3) is 4.70. The van der Waals surface area contributed by atoms with Crippen LogP contribution >= 0.6 is 0 Å². The summed E-state index contributed by atoms with van der Waals surface area (Å²) in [7, 11) is 1.57. The van der Waals surface area contributed by atoms with Crippen molar-refractivity contribution in [3.63, 3.8) is 0 Å². The van der Waals surface area contributed by atoms with Crippen LogP contribution in [-0.2, 0) is 17.8 Å². The molecule has 0 atom stereocenters. The van der Waals surface area contributed by atoms with Gasteiger partial charge >= 0.3 is 0 Å². The molecular formula is C20H20N2O3. The van der Waals surface area contributed by atoms with Crippen molar-refractivity contribution >= 4 is 5.91 Å². The van der Waals surface area contributed by atoms with Crippen molar-refractivity contribution in [2.24, 2.45) is 0 Å². The van der Waals surface area contributed by atoms with Gasteiger partial charge in [-0.3, -0.25) is 4.79 Å². The average molecular weight is 336 g/mol. The topological polar surface area (TPSA) is 64.4 Å². The van der Waals surface area contributed by atoms with Crippen molar-refractivity contribution in [3.05, 3.63) is 72.1 Å². The molecule has 5 heteroatoms. The molecule has 2 aromatic heterocycles. The number of carbonyl (C=O) groups excluding carboxylic acids is 1. The SMILES string of the molecule is COc1ccc(CNC(=O)CCc2ccc(-c3ccccc3)o2)cn1. The molecule has 0 spiro atoms. The van der Waals surface area contributed by atoms with E-state index in [2.05, 4.69) is 10.3 Å². The monoisotopic (exact) mass is 336 g/mol. The Hall–Kier alpha value is -3.08. The second-order valence-electron chi connectivity index (χ2n) is 5.62. The van der Waals surface area contributed by atoms with Crippen LogP contribution in [0.3, 0.4) is 0 Å². The summed E-state index contributed by atoms with van der Waals surface area (Å²) in [6.07, 6.45) is 2.64.